The van der Waals surface area contributed by atoms with Gasteiger partial charge in [-0.05, 0) is 50.6 Å². The number of carbonyl (C=O) groups is 1. The highest BCUT2D eigenvalue weighted by molar-refractivity contribution is 6.35. The molecule has 0 aliphatic carbocycles. The number of rotatable bonds is 3. The van der Waals surface area contributed by atoms with Crippen LogP contribution in [0, 0.1) is 6.92 Å². The highest BCUT2D eigenvalue weighted by atomic mass is 35.5. The number of benzene rings is 1. The molecule has 27 heavy (non-hydrogen) atoms. The van der Waals surface area contributed by atoms with Crippen LogP contribution in [0.2, 0.25) is 5.02 Å². The largest absolute Gasteiger partial charge is 0.315 e. The number of pyridine rings is 1. The maximum Gasteiger partial charge on any atom is 0.258 e. The normalized spacial score (nSPS) is 17.6. The smallest absolute Gasteiger partial charge is 0.258 e. The van der Waals surface area contributed by atoms with Crippen LogP contribution in [0.25, 0.3) is 11.0 Å². The molecular weight excluding hydrogens is 362 g/mol. The second-order valence-electron chi connectivity index (χ2n) is 6.91. The van der Waals surface area contributed by atoms with Gasteiger partial charge in [0.15, 0.2) is 0 Å². The Labute approximate surface area is 163 Å². The molecule has 2 N–H and O–H groups in total. The zero-order valence-corrected chi connectivity index (χ0v) is 16.0. The lowest BCUT2D eigenvalue weighted by Crippen LogP contribution is -2.25. The van der Waals surface area contributed by atoms with E-state index in [0.29, 0.717) is 16.5 Å². The Balaban J connectivity index is 1.76. The maximum absolute atomic E-state index is 12.8. The predicted molar refractivity (Wildman–Crippen MR) is 107 cm³/mol. The molecule has 3 aromatic rings. The van der Waals surface area contributed by atoms with Crippen LogP contribution in [0.15, 0.2) is 36.5 Å². The van der Waals surface area contributed by atoms with Crippen LogP contribution in [-0.2, 0) is 0 Å². The van der Waals surface area contributed by atoms with Crippen molar-refractivity contribution in [2.45, 2.75) is 32.2 Å². The second-order valence-corrected chi connectivity index (χ2v) is 7.31. The van der Waals surface area contributed by atoms with Gasteiger partial charge in [-0.1, -0.05) is 24.1 Å². The highest BCUT2D eigenvalue weighted by Crippen LogP contribution is 2.32. The third-order valence-electron chi connectivity index (χ3n) is 4.93. The first-order chi connectivity index (χ1) is 13.1. The lowest BCUT2D eigenvalue weighted by molar-refractivity contribution is 0.102. The van der Waals surface area contributed by atoms with Crippen molar-refractivity contribution in [3.8, 4) is 0 Å². The lowest BCUT2D eigenvalue weighted by Gasteiger charge is -2.20. The molecule has 0 bridgehead atoms. The molecule has 1 fully saturated rings. The minimum atomic E-state index is -0.199. The average Bonchev–Trinajstić information content (AvgIpc) is 2.83. The Hall–Kier alpha value is -2.44. The SMILES string of the molecule is Cc1cc(C(=O)Nc2nc3cccc(Cl)c3n2C2CCCCNC2)ccn1. The Bertz CT molecular complexity index is 976. The van der Waals surface area contributed by atoms with E-state index in [9.17, 15) is 4.79 Å². The van der Waals surface area contributed by atoms with Crippen molar-refractivity contribution >= 4 is 34.5 Å². The van der Waals surface area contributed by atoms with Crippen LogP contribution >= 0.6 is 11.6 Å². The van der Waals surface area contributed by atoms with Crippen LogP contribution in [0.5, 0.6) is 0 Å². The number of aromatic nitrogens is 3. The topological polar surface area (TPSA) is 71.8 Å². The van der Waals surface area contributed by atoms with Gasteiger partial charge >= 0.3 is 0 Å². The fraction of sp³-hybridized carbons (Fsp3) is 0.350. The van der Waals surface area contributed by atoms with Crippen molar-refractivity contribution < 1.29 is 4.79 Å². The van der Waals surface area contributed by atoms with E-state index in [4.69, 9.17) is 11.6 Å². The molecule has 2 aromatic heterocycles. The molecule has 1 atom stereocenters. The standard InChI is InChI=1S/C20H22ClN5O/c1-13-11-14(8-10-23-13)19(27)25-20-24-17-7-4-6-16(21)18(17)26(20)15-5-2-3-9-22-12-15/h4,6-8,10-11,15,22H,2-3,5,9,12H2,1H3,(H,24,25,27). The number of amides is 1. The minimum Gasteiger partial charge on any atom is -0.315 e. The number of carbonyl (C=O) groups excluding carboxylic acids is 1. The van der Waals surface area contributed by atoms with Gasteiger partial charge in [-0.25, -0.2) is 4.98 Å². The van der Waals surface area contributed by atoms with Gasteiger partial charge in [0.2, 0.25) is 5.95 Å². The maximum atomic E-state index is 12.8. The number of fused-ring (bicyclic) bond motifs is 1. The Morgan fingerprint density at radius 3 is 3.07 bits per heavy atom. The molecule has 6 nitrogen and oxygen atoms in total. The van der Waals surface area contributed by atoms with Gasteiger partial charge in [-0.15, -0.1) is 0 Å². The van der Waals surface area contributed by atoms with Crippen molar-refractivity contribution in [3.63, 3.8) is 0 Å². The Kier molecular flexibility index (Phi) is 5.09. The third-order valence-corrected chi connectivity index (χ3v) is 5.24. The molecule has 4 rings (SSSR count). The van der Waals surface area contributed by atoms with E-state index in [-0.39, 0.29) is 11.9 Å². The molecule has 0 saturated carbocycles. The number of imidazole rings is 1. The summed E-state index contributed by atoms with van der Waals surface area (Å²) in [5, 5.41) is 7.11. The summed E-state index contributed by atoms with van der Waals surface area (Å²) >= 11 is 6.51. The second kappa shape index (κ2) is 7.66. The molecule has 7 heteroatoms. The van der Waals surface area contributed by atoms with Gasteiger partial charge in [0.25, 0.3) is 5.91 Å². The van der Waals surface area contributed by atoms with Gasteiger partial charge in [-0.2, -0.15) is 0 Å². The van der Waals surface area contributed by atoms with Crippen LogP contribution in [0.3, 0.4) is 0 Å². The summed E-state index contributed by atoms with van der Waals surface area (Å²) in [6, 6.07) is 9.33. The molecule has 0 radical (unpaired) electrons. The van der Waals surface area contributed by atoms with E-state index in [0.717, 1.165) is 49.1 Å². The summed E-state index contributed by atoms with van der Waals surface area (Å²) in [5.41, 5.74) is 3.01. The molecule has 1 saturated heterocycles. The van der Waals surface area contributed by atoms with Crippen LogP contribution < -0.4 is 10.6 Å². The monoisotopic (exact) mass is 383 g/mol. The van der Waals surface area contributed by atoms with E-state index in [2.05, 4.69) is 25.2 Å². The number of hydrogen-bond acceptors (Lipinski definition) is 4. The van der Waals surface area contributed by atoms with Gasteiger partial charge in [0.1, 0.15) is 0 Å². The molecule has 140 valence electrons. The zero-order chi connectivity index (χ0) is 18.8. The molecule has 1 aliphatic rings. The first-order valence-electron chi connectivity index (χ1n) is 9.24. The lowest BCUT2D eigenvalue weighted by atomic mass is 10.1. The quantitative estimate of drug-likeness (QED) is 0.718. The average molecular weight is 384 g/mol. The van der Waals surface area contributed by atoms with Crippen molar-refractivity contribution in [2.75, 3.05) is 18.4 Å². The first kappa shape index (κ1) is 17.9. The summed E-state index contributed by atoms with van der Waals surface area (Å²) in [7, 11) is 0. The fourth-order valence-corrected chi connectivity index (χ4v) is 3.89. The van der Waals surface area contributed by atoms with E-state index < -0.39 is 0 Å². The summed E-state index contributed by atoms with van der Waals surface area (Å²) in [5.74, 6) is 0.334. The van der Waals surface area contributed by atoms with Gasteiger partial charge in [0.05, 0.1) is 16.1 Å². The molecule has 1 amide bonds. The Morgan fingerprint density at radius 2 is 2.22 bits per heavy atom. The molecule has 0 spiro atoms. The molecule has 3 heterocycles. The number of anilines is 1. The van der Waals surface area contributed by atoms with Crippen molar-refractivity contribution in [2.24, 2.45) is 0 Å². The van der Waals surface area contributed by atoms with Crippen LogP contribution in [-0.4, -0.2) is 33.5 Å². The number of nitrogens with zero attached hydrogens (tertiary/aromatic N) is 3. The molecular formula is C20H22ClN5O. The summed E-state index contributed by atoms with van der Waals surface area (Å²) in [4.78, 5) is 21.6. The van der Waals surface area contributed by atoms with Crippen molar-refractivity contribution in [3.05, 3.63) is 52.8 Å². The number of halogens is 1. The predicted octanol–water partition coefficient (Wildman–Crippen LogP) is 3.96. The van der Waals surface area contributed by atoms with Gasteiger partial charge in [0, 0.05) is 30.0 Å². The third kappa shape index (κ3) is 3.68. The molecule has 1 unspecified atom stereocenters. The van der Waals surface area contributed by atoms with Crippen molar-refractivity contribution in [1.29, 1.82) is 0 Å². The summed E-state index contributed by atoms with van der Waals surface area (Å²) in [6.07, 6.45) is 4.92. The molecule has 1 aliphatic heterocycles. The van der Waals surface area contributed by atoms with E-state index >= 15 is 0 Å². The van der Waals surface area contributed by atoms with E-state index in [1.807, 2.05) is 25.1 Å². The van der Waals surface area contributed by atoms with Crippen LogP contribution in [0.4, 0.5) is 5.95 Å². The Morgan fingerprint density at radius 1 is 1.33 bits per heavy atom. The summed E-state index contributed by atoms with van der Waals surface area (Å²) in [6.45, 7) is 3.70. The molecule has 1 aromatic carbocycles. The van der Waals surface area contributed by atoms with Gasteiger partial charge < -0.3 is 9.88 Å². The van der Waals surface area contributed by atoms with E-state index in [1.165, 1.54) is 0 Å². The number of nitrogens with one attached hydrogen (secondary N) is 2. The minimum absolute atomic E-state index is 0.187. The summed E-state index contributed by atoms with van der Waals surface area (Å²) < 4.78 is 2.09. The number of para-hydroxylation sites is 1. The highest BCUT2D eigenvalue weighted by Gasteiger charge is 2.23. The van der Waals surface area contributed by atoms with Gasteiger partial charge in [-0.3, -0.25) is 15.1 Å². The fourth-order valence-electron chi connectivity index (χ4n) is 3.63. The van der Waals surface area contributed by atoms with Crippen LogP contribution in [0.1, 0.15) is 41.4 Å². The van der Waals surface area contributed by atoms with Crippen molar-refractivity contribution in [1.82, 2.24) is 19.9 Å². The van der Waals surface area contributed by atoms with E-state index in [1.54, 1.807) is 18.3 Å². The zero-order valence-electron chi connectivity index (χ0n) is 15.2. The number of aryl methyl sites for hydroxylation is 1. The first-order valence-corrected chi connectivity index (χ1v) is 9.62. The number of hydrogen-bond donors (Lipinski definition) is 2.